The average molecular weight is 221 g/mol. The molecule has 88 valence electrons. The number of nitrogens with one attached hydrogen (secondary N) is 1. The molecule has 0 radical (unpaired) electrons. The number of anilines is 1. The predicted octanol–water partition coefficient (Wildman–Crippen LogP) is 1.28. The molecule has 0 amide bonds. The van der Waals surface area contributed by atoms with Crippen molar-refractivity contribution in [1.29, 1.82) is 0 Å². The Morgan fingerprint density at radius 3 is 3.19 bits per heavy atom. The van der Waals surface area contributed by atoms with Gasteiger partial charge in [0, 0.05) is 31.7 Å². The van der Waals surface area contributed by atoms with Crippen LogP contribution in [0.25, 0.3) is 0 Å². The van der Waals surface area contributed by atoms with Crippen LogP contribution in [0.1, 0.15) is 13.8 Å². The fourth-order valence-electron chi connectivity index (χ4n) is 1.95. The van der Waals surface area contributed by atoms with Crippen LogP contribution in [-0.4, -0.2) is 37.3 Å². The van der Waals surface area contributed by atoms with Crippen molar-refractivity contribution < 1.29 is 4.74 Å². The largest absolute Gasteiger partial charge is 0.478 e. The van der Waals surface area contributed by atoms with Crippen LogP contribution in [0.15, 0.2) is 18.2 Å². The molecule has 0 spiro atoms. The van der Waals surface area contributed by atoms with E-state index < -0.39 is 0 Å². The van der Waals surface area contributed by atoms with E-state index in [0.717, 1.165) is 25.5 Å². The molecule has 1 aromatic rings. The SMILES string of the molecule is CCOc1cccc(N2CCNC(C)C2)n1. The van der Waals surface area contributed by atoms with Crippen molar-refractivity contribution in [3.05, 3.63) is 18.2 Å². The summed E-state index contributed by atoms with van der Waals surface area (Å²) in [4.78, 5) is 6.79. The summed E-state index contributed by atoms with van der Waals surface area (Å²) in [5.41, 5.74) is 0. The molecule has 1 unspecified atom stereocenters. The van der Waals surface area contributed by atoms with E-state index in [9.17, 15) is 0 Å². The van der Waals surface area contributed by atoms with Crippen molar-refractivity contribution in [2.24, 2.45) is 0 Å². The maximum atomic E-state index is 5.41. The number of ether oxygens (including phenoxy) is 1. The van der Waals surface area contributed by atoms with Gasteiger partial charge in [0.15, 0.2) is 0 Å². The van der Waals surface area contributed by atoms with Gasteiger partial charge in [-0.05, 0) is 19.9 Å². The molecule has 1 aliphatic rings. The van der Waals surface area contributed by atoms with E-state index in [0.29, 0.717) is 18.5 Å². The minimum Gasteiger partial charge on any atom is -0.478 e. The van der Waals surface area contributed by atoms with Crippen LogP contribution in [0, 0.1) is 0 Å². The van der Waals surface area contributed by atoms with E-state index in [1.165, 1.54) is 0 Å². The summed E-state index contributed by atoms with van der Waals surface area (Å²) >= 11 is 0. The molecule has 1 fully saturated rings. The Bertz CT molecular complexity index is 343. The molecular weight excluding hydrogens is 202 g/mol. The molecule has 2 rings (SSSR count). The Morgan fingerprint density at radius 1 is 1.56 bits per heavy atom. The van der Waals surface area contributed by atoms with Gasteiger partial charge in [-0.15, -0.1) is 0 Å². The maximum absolute atomic E-state index is 5.41. The van der Waals surface area contributed by atoms with Crippen molar-refractivity contribution in [3.63, 3.8) is 0 Å². The summed E-state index contributed by atoms with van der Waals surface area (Å²) in [5, 5.41) is 3.42. The Kier molecular flexibility index (Phi) is 3.62. The maximum Gasteiger partial charge on any atom is 0.215 e. The Morgan fingerprint density at radius 2 is 2.44 bits per heavy atom. The molecule has 1 atom stereocenters. The van der Waals surface area contributed by atoms with Crippen molar-refractivity contribution in [2.45, 2.75) is 19.9 Å². The highest BCUT2D eigenvalue weighted by Gasteiger charge is 2.16. The lowest BCUT2D eigenvalue weighted by Crippen LogP contribution is -2.49. The second-order valence-electron chi connectivity index (χ2n) is 4.07. The van der Waals surface area contributed by atoms with Crippen molar-refractivity contribution in [3.8, 4) is 5.88 Å². The third kappa shape index (κ3) is 2.64. The van der Waals surface area contributed by atoms with Crippen molar-refractivity contribution in [2.75, 3.05) is 31.1 Å². The number of aromatic nitrogens is 1. The molecule has 4 nitrogen and oxygen atoms in total. The first kappa shape index (κ1) is 11.2. The normalized spacial score (nSPS) is 20.9. The highest BCUT2D eigenvalue weighted by molar-refractivity contribution is 5.41. The predicted molar refractivity (Wildman–Crippen MR) is 65.1 cm³/mol. The van der Waals surface area contributed by atoms with Crippen LogP contribution < -0.4 is 15.0 Å². The van der Waals surface area contributed by atoms with Crippen LogP contribution in [0.4, 0.5) is 5.82 Å². The lowest BCUT2D eigenvalue weighted by atomic mass is 10.2. The summed E-state index contributed by atoms with van der Waals surface area (Å²) in [7, 11) is 0. The third-order valence-corrected chi connectivity index (χ3v) is 2.69. The number of hydrogen-bond acceptors (Lipinski definition) is 4. The van der Waals surface area contributed by atoms with Crippen molar-refractivity contribution in [1.82, 2.24) is 10.3 Å². The van der Waals surface area contributed by atoms with Crippen molar-refractivity contribution >= 4 is 5.82 Å². The van der Waals surface area contributed by atoms with Gasteiger partial charge in [0.1, 0.15) is 5.82 Å². The van der Waals surface area contributed by atoms with Crippen LogP contribution in [0.2, 0.25) is 0 Å². The number of piperazine rings is 1. The van der Waals surface area contributed by atoms with Gasteiger partial charge in [-0.3, -0.25) is 0 Å². The van der Waals surface area contributed by atoms with Crippen LogP contribution in [0.3, 0.4) is 0 Å². The molecule has 2 heterocycles. The first-order chi connectivity index (χ1) is 7.79. The number of rotatable bonds is 3. The zero-order valence-electron chi connectivity index (χ0n) is 9.94. The molecule has 0 aliphatic carbocycles. The highest BCUT2D eigenvalue weighted by Crippen LogP contribution is 2.17. The van der Waals surface area contributed by atoms with E-state index in [-0.39, 0.29) is 0 Å². The Balaban J connectivity index is 2.09. The van der Waals surface area contributed by atoms with Crippen LogP contribution in [-0.2, 0) is 0 Å². The van der Waals surface area contributed by atoms with E-state index in [1.807, 2.05) is 25.1 Å². The summed E-state index contributed by atoms with van der Waals surface area (Å²) in [6, 6.07) is 6.46. The Labute approximate surface area is 96.6 Å². The standard InChI is InChI=1S/C12H19N3O/c1-3-16-12-6-4-5-11(14-12)15-8-7-13-10(2)9-15/h4-6,10,13H,3,7-9H2,1-2H3. The topological polar surface area (TPSA) is 37.4 Å². The second-order valence-corrected chi connectivity index (χ2v) is 4.07. The summed E-state index contributed by atoms with van der Waals surface area (Å²) in [6.07, 6.45) is 0. The fourth-order valence-corrected chi connectivity index (χ4v) is 1.95. The van der Waals surface area contributed by atoms with Gasteiger partial charge < -0.3 is 15.0 Å². The fraction of sp³-hybridized carbons (Fsp3) is 0.583. The molecule has 1 N–H and O–H groups in total. The van der Waals surface area contributed by atoms with E-state index in [4.69, 9.17) is 4.74 Å². The molecule has 1 saturated heterocycles. The minimum atomic E-state index is 0.520. The van der Waals surface area contributed by atoms with E-state index in [1.54, 1.807) is 0 Å². The molecule has 0 bridgehead atoms. The van der Waals surface area contributed by atoms with Gasteiger partial charge in [0.25, 0.3) is 0 Å². The summed E-state index contributed by atoms with van der Waals surface area (Å²) in [6.45, 7) is 7.85. The van der Waals surface area contributed by atoms with E-state index >= 15 is 0 Å². The van der Waals surface area contributed by atoms with Gasteiger partial charge in [-0.1, -0.05) is 6.07 Å². The molecular formula is C12H19N3O. The molecule has 4 heteroatoms. The third-order valence-electron chi connectivity index (χ3n) is 2.69. The minimum absolute atomic E-state index is 0.520. The smallest absolute Gasteiger partial charge is 0.215 e. The monoisotopic (exact) mass is 221 g/mol. The lowest BCUT2D eigenvalue weighted by molar-refractivity contribution is 0.326. The van der Waals surface area contributed by atoms with Gasteiger partial charge in [-0.25, -0.2) is 0 Å². The summed E-state index contributed by atoms with van der Waals surface area (Å²) in [5.74, 6) is 1.73. The lowest BCUT2D eigenvalue weighted by Gasteiger charge is -2.32. The first-order valence-corrected chi connectivity index (χ1v) is 5.88. The molecule has 0 saturated carbocycles. The number of nitrogens with zero attached hydrogens (tertiary/aromatic N) is 2. The highest BCUT2D eigenvalue weighted by atomic mass is 16.5. The van der Waals surface area contributed by atoms with Crippen LogP contribution in [0.5, 0.6) is 5.88 Å². The van der Waals surface area contributed by atoms with Gasteiger partial charge in [0.2, 0.25) is 5.88 Å². The zero-order valence-corrected chi connectivity index (χ0v) is 9.94. The number of pyridine rings is 1. The molecule has 1 aliphatic heterocycles. The second kappa shape index (κ2) is 5.16. The van der Waals surface area contributed by atoms with Crippen LogP contribution >= 0.6 is 0 Å². The first-order valence-electron chi connectivity index (χ1n) is 5.88. The van der Waals surface area contributed by atoms with Gasteiger partial charge >= 0.3 is 0 Å². The Hall–Kier alpha value is -1.29. The zero-order chi connectivity index (χ0) is 11.4. The quantitative estimate of drug-likeness (QED) is 0.834. The molecule has 1 aromatic heterocycles. The molecule has 16 heavy (non-hydrogen) atoms. The van der Waals surface area contributed by atoms with Gasteiger partial charge in [0.05, 0.1) is 6.61 Å². The average Bonchev–Trinajstić information content (AvgIpc) is 2.30. The summed E-state index contributed by atoms with van der Waals surface area (Å²) < 4.78 is 5.41. The molecule has 0 aromatic carbocycles. The number of hydrogen-bond donors (Lipinski definition) is 1. The van der Waals surface area contributed by atoms with E-state index in [2.05, 4.69) is 22.1 Å². The van der Waals surface area contributed by atoms with Gasteiger partial charge in [-0.2, -0.15) is 4.98 Å².